The molecule has 0 bridgehead atoms. The zero-order chi connectivity index (χ0) is 5.54. The Kier molecular flexibility index (Phi) is 5.69. The molecule has 0 aliphatic rings. The minimum atomic E-state index is 0.671. The zero-order valence-electron chi connectivity index (χ0n) is 4.10. The van der Waals surface area contributed by atoms with Gasteiger partial charge in [0.1, 0.15) is 0 Å². The summed E-state index contributed by atoms with van der Waals surface area (Å²) < 4.78 is 0. The highest BCUT2D eigenvalue weighted by Crippen LogP contribution is 1.91. The van der Waals surface area contributed by atoms with E-state index in [0.717, 1.165) is 19.1 Å². The van der Waals surface area contributed by atoms with Crippen molar-refractivity contribution in [2.45, 2.75) is 12.8 Å². The summed E-state index contributed by atoms with van der Waals surface area (Å²) >= 11 is 5.32. The van der Waals surface area contributed by atoms with E-state index in [4.69, 9.17) is 16.7 Å². The van der Waals surface area contributed by atoms with E-state index in [1.807, 2.05) is 0 Å². The fraction of sp³-hybridized carbons (Fsp3) is 0.600. The lowest BCUT2D eigenvalue weighted by molar-refractivity contribution is 0.470. The normalized spacial score (nSPS) is 10.4. The van der Waals surface area contributed by atoms with Gasteiger partial charge in [0.15, 0.2) is 0 Å². The Bertz CT molecular complexity index is 52.0. The Morgan fingerprint density at radius 3 is 2.71 bits per heavy atom. The molecule has 1 nitrogen and oxygen atoms in total. The van der Waals surface area contributed by atoms with Crippen molar-refractivity contribution in [3.8, 4) is 0 Å². The fourth-order valence-electron chi connectivity index (χ4n) is 0.270. The molecule has 0 aliphatic heterocycles. The maximum atomic E-state index is 8.07. The molecule has 0 aromatic rings. The molecule has 0 atom stereocenters. The number of aliphatic hydroxyl groups excluding tert-OH is 1. The van der Waals surface area contributed by atoms with Gasteiger partial charge in [0.2, 0.25) is 0 Å². The van der Waals surface area contributed by atoms with Gasteiger partial charge >= 0.3 is 0 Å². The van der Waals surface area contributed by atoms with Crippen molar-refractivity contribution in [1.29, 1.82) is 0 Å². The van der Waals surface area contributed by atoms with E-state index in [9.17, 15) is 0 Å². The first-order chi connectivity index (χ1) is 3.41. The number of rotatable bonds is 3. The Balaban J connectivity index is 2.69. The lowest BCUT2D eigenvalue weighted by Gasteiger charge is -1.81. The van der Waals surface area contributed by atoms with Gasteiger partial charge < -0.3 is 5.11 Å². The molecule has 0 aliphatic carbocycles. The predicted molar refractivity (Wildman–Crippen MR) is 31.7 cm³/mol. The molecule has 2 heteroatoms. The largest absolute Gasteiger partial charge is 0.516 e. The number of alkyl halides is 1. The van der Waals surface area contributed by atoms with Crippen LogP contribution in [0.25, 0.3) is 0 Å². The average molecular weight is 121 g/mol. The minimum Gasteiger partial charge on any atom is -0.516 e. The molecular weight excluding hydrogens is 112 g/mol. The van der Waals surface area contributed by atoms with Crippen LogP contribution in [0, 0.1) is 0 Å². The first-order valence-electron chi connectivity index (χ1n) is 2.27. The maximum absolute atomic E-state index is 8.07. The van der Waals surface area contributed by atoms with E-state index in [1.54, 1.807) is 6.08 Å². The van der Waals surface area contributed by atoms with E-state index < -0.39 is 0 Å². The lowest BCUT2D eigenvalue weighted by Crippen LogP contribution is -1.69. The van der Waals surface area contributed by atoms with Crippen molar-refractivity contribution in [2.24, 2.45) is 0 Å². The smallest absolute Gasteiger partial charge is 0.0751 e. The van der Waals surface area contributed by atoms with Gasteiger partial charge in [0.05, 0.1) is 6.26 Å². The van der Waals surface area contributed by atoms with Crippen LogP contribution in [0.15, 0.2) is 12.3 Å². The van der Waals surface area contributed by atoms with Crippen molar-refractivity contribution in [3.63, 3.8) is 0 Å². The summed E-state index contributed by atoms with van der Waals surface area (Å²) in [5.74, 6) is 0.671. The molecule has 0 amide bonds. The Morgan fingerprint density at radius 1 is 1.57 bits per heavy atom. The van der Waals surface area contributed by atoms with Crippen LogP contribution in [0.1, 0.15) is 12.8 Å². The third-order valence-electron chi connectivity index (χ3n) is 0.610. The number of unbranched alkanes of at least 4 members (excludes halogenated alkanes) is 1. The first kappa shape index (κ1) is 6.83. The molecule has 0 aromatic carbocycles. The third kappa shape index (κ3) is 5.83. The molecule has 0 rings (SSSR count). The summed E-state index contributed by atoms with van der Waals surface area (Å²) in [5.41, 5.74) is 0. The van der Waals surface area contributed by atoms with Gasteiger partial charge in [0, 0.05) is 5.88 Å². The molecule has 0 spiro atoms. The summed E-state index contributed by atoms with van der Waals surface area (Å²) in [6.07, 6.45) is 4.55. The average Bonchev–Trinajstić information content (AvgIpc) is 1.69. The highest BCUT2D eigenvalue weighted by atomic mass is 35.5. The number of hydrogen-bond acceptors (Lipinski definition) is 1. The summed E-state index contributed by atoms with van der Waals surface area (Å²) in [7, 11) is 0. The molecule has 42 valence electrons. The number of aliphatic hydroxyl groups is 1. The minimum absolute atomic E-state index is 0.671. The van der Waals surface area contributed by atoms with E-state index >= 15 is 0 Å². The topological polar surface area (TPSA) is 20.2 Å². The molecule has 0 unspecified atom stereocenters. The Labute approximate surface area is 48.6 Å². The first-order valence-corrected chi connectivity index (χ1v) is 2.80. The van der Waals surface area contributed by atoms with Gasteiger partial charge in [0.25, 0.3) is 0 Å². The van der Waals surface area contributed by atoms with Crippen molar-refractivity contribution < 1.29 is 5.11 Å². The molecule has 1 N–H and O–H groups in total. The second-order valence-electron chi connectivity index (χ2n) is 1.22. The van der Waals surface area contributed by atoms with Crippen LogP contribution >= 0.6 is 11.6 Å². The van der Waals surface area contributed by atoms with Gasteiger partial charge in [-0.1, -0.05) is 6.08 Å². The predicted octanol–water partition coefficient (Wildman–Crippen LogP) is 2.08. The van der Waals surface area contributed by atoms with Crippen molar-refractivity contribution in [1.82, 2.24) is 0 Å². The Morgan fingerprint density at radius 2 is 2.29 bits per heavy atom. The molecule has 0 saturated heterocycles. The monoisotopic (exact) mass is 120 g/mol. The van der Waals surface area contributed by atoms with Crippen molar-refractivity contribution in [2.75, 3.05) is 5.88 Å². The van der Waals surface area contributed by atoms with Gasteiger partial charge in [-0.05, 0) is 12.8 Å². The summed E-state index contributed by atoms with van der Waals surface area (Å²) in [4.78, 5) is 0. The summed E-state index contributed by atoms with van der Waals surface area (Å²) in [6, 6.07) is 0. The molecule has 0 fully saturated rings. The highest BCUT2D eigenvalue weighted by Gasteiger charge is 1.75. The number of halogens is 1. The van der Waals surface area contributed by atoms with E-state index in [2.05, 4.69) is 0 Å². The van der Waals surface area contributed by atoms with E-state index in [0.29, 0.717) is 5.88 Å². The van der Waals surface area contributed by atoms with Gasteiger partial charge in [-0.2, -0.15) is 0 Å². The van der Waals surface area contributed by atoms with Crippen LogP contribution in [0.3, 0.4) is 0 Å². The Hall–Kier alpha value is -0.170. The number of hydrogen-bond donors (Lipinski definition) is 1. The van der Waals surface area contributed by atoms with Crippen LogP contribution < -0.4 is 0 Å². The quantitative estimate of drug-likeness (QED) is 0.344. The summed E-state index contributed by atoms with van der Waals surface area (Å²) in [6.45, 7) is 0. The molecule has 7 heavy (non-hydrogen) atoms. The van der Waals surface area contributed by atoms with Crippen LogP contribution in [-0.4, -0.2) is 11.0 Å². The van der Waals surface area contributed by atoms with Crippen molar-refractivity contribution in [3.05, 3.63) is 12.3 Å². The molecular formula is C5H9ClO. The van der Waals surface area contributed by atoms with Gasteiger partial charge in [-0.3, -0.25) is 0 Å². The summed E-state index contributed by atoms with van der Waals surface area (Å²) in [5, 5.41) is 8.07. The second-order valence-corrected chi connectivity index (χ2v) is 1.59. The van der Waals surface area contributed by atoms with E-state index in [1.165, 1.54) is 0 Å². The SMILES string of the molecule is OC=CCCCCl. The maximum Gasteiger partial charge on any atom is 0.0751 e. The number of allylic oxidation sites excluding steroid dienone is 1. The fourth-order valence-corrected chi connectivity index (χ4v) is 0.424. The molecule has 0 radical (unpaired) electrons. The third-order valence-corrected chi connectivity index (χ3v) is 0.877. The zero-order valence-corrected chi connectivity index (χ0v) is 4.86. The molecule has 0 aromatic heterocycles. The van der Waals surface area contributed by atoms with Crippen molar-refractivity contribution >= 4 is 11.6 Å². The van der Waals surface area contributed by atoms with E-state index in [-0.39, 0.29) is 0 Å². The standard InChI is InChI=1S/C5H9ClO/c6-4-2-1-3-5-7/h3,5,7H,1-2,4H2. The lowest BCUT2D eigenvalue weighted by atomic mass is 10.3. The van der Waals surface area contributed by atoms with Crippen LogP contribution in [-0.2, 0) is 0 Å². The van der Waals surface area contributed by atoms with Gasteiger partial charge in [-0.15, -0.1) is 11.6 Å². The molecule has 0 saturated carbocycles. The van der Waals surface area contributed by atoms with Crippen LogP contribution in [0.2, 0.25) is 0 Å². The van der Waals surface area contributed by atoms with Gasteiger partial charge in [-0.25, -0.2) is 0 Å². The highest BCUT2D eigenvalue weighted by molar-refractivity contribution is 6.17. The second kappa shape index (κ2) is 5.83. The van der Waals surface area contributed by atoms with Crippen LogP contribution in [0.4, 0.5) is 0 Å². The molecule has 0 heterocycles. The van der Waals surface area contributed by atoms with Crippen LogP contribution in [0.5, 0.6) is 0 Å².